The Labute approximate surface area is 149 Å². The van der Waals surface area contributed by atoms with Crippen LogP contribution in [0.3, 0.4) is 0 Å². The molecule has 1 aromatic heterocycles. The average molecular weight is 397 g/mol. The first-order chi connectivity index (χ1) is 12.6. The molecule has 1 aliphatic rings. The van der Waals surface area contributed by atoms with E-state index in [1.807, 2.05) is 0 Å². The molecule has 0 atom stereocenters. The van der Waals surface area contributed by atoms with E-state index >= 15 is 0 Å². The molecular formula is C16H14F7N3O. The van der Waals surface area contributed by atoms with Gasteiger partial charge < -0.3 is 4.42 Å². The minimum Gasteiger partial charge on any atom is -0.420 e. The predicted octanol–water partition coefficient (Wildman–Crippen LogP) is 4.55. The molecule has 0 amide bonds. The van der Waals surface area contributed by atoms with Crippen molar-refractivity contribution in [3.8, 4) is 11.5 Å². The summed E-state index contributed by atoms with van der Waals surface area (Å²) in [5.74, 6) is -0.639. The van der Waals surface area contributed by atoms with Gasteiger partial charge in [-0.05, 0) is 50.2 Å². The van der Waals surface area contributed by atoms with E-state index in [-0.39, 0.29) is 24.6 Å². The molecule has 0 saturated carbocycles. The molecule has 2 heterocycles. The minimum absolute atomic E-state index is 0.0215. The summed E-state index contributed by atoms with van der Waals surface area (Å²) in [6, 6.07) is 1.76. The number of alkyl halides is 6. The molecule has 4 nitrogen and oxygen atoms in total. The van der Waals surface area contributed by atoms with Gasteiger partial charge in [-0.2, -0.15) is 26.3 Å². The molecule has 1 aromatic carbocycles. The molecule has 1 aliphatic heterocycles. The summed E-state index contributed by atoms with van der Waals surface area (Å²) in [5.41, 5.74) is 0.460. The second kappa shape index (κ2) is 7.10. The molecule has 0 unspecified atom stereocenters. The molecule has 148 valence electrons. The molecule has 11 heteroatoms. The molecular weight excluding hydrogens is 383 g/mol. The van der Waals surface area contributed by atoms with Crippen LogP contribution in [-0.2, 0) is 0 Å². The van der Waals surface area contributed by atoms with Crippen molar-refractivity contribution < 1.29 is 35.2 Å². The van der Waals surface area contributed by atoms with E-state index in [9.17, 15) is 30.7 Å². The van der Waals surface area contributed by atoms with Gasteiger partial charge in [0.2, 0.25) is 17.8 Å². The van der Waals surface area contributed by atoms with Crippen LogP contribution in [-0.4, -0.2) is 46.6 Å². The number of rotatable bonds is 3. The van der Waals surface area contributed by atoms with Gasteiger partial charge in [-0.3, -0.25) is 4.90 Å². The monoisotopic (exact) mass is 397 g/mol. The minimum atomic E-state index is -5.40. The fourth-order valence-corrected chi connectivity index (χ4v) is 3.11. The highest BCUT2D eigenvalue weighted by Gasteiger charge is 2.59. The number of benzene rings is 1. The Morgan fingerprint density at radius 3 is 2.00 bits per heavy atom. The maximum absolute atomic E-state index is 12.9. The van der Waals surface area contributed by atoms with E-state index in [4.69, 9.17) is 4.42 Å². The summed E-state index contributed by atoms with van der Waals surface area (Å²) >= 11 is 0. The highest BCUT2D eigenvalue weighted by atomic mass is 19.4. The standard InChI is InChI=1S/C16H14F7N3O/c17-11-3-1-9(2-4-11)12-24-25-13(27-12)10-5-7-26(8-6-10)14(15(18,19)20)16(21,22)23/h1-4,10,14H,5-8H2. The quantitative estimate of drug-likeness (QED) is 0.713. The number of nitrogens with zero attached hydrogens (tertiary/aromatic N) is 3. The van der Waals surface area contributed by atoms with Gasteiger partial charge >= 0.3 is 12.4 Å². The van der Waals surface area contributed by atoms with Crippen LogP contribution in [0.15, 0.2) is 28.7 Å². The van der Waals surface area contributed by atoms with Crippen LogP contribution in [0.1, 0.15) is 24.7 Å². The lowest BCUT2D eigenvalue weighted by atomic mass is 9.95. The lowest BCUT2D eigenvalue weighted by Gasteiger charge is -2.38. The fourth-order valence-electron chi connectivity index (χ4n) is 3.11. The maximum atomic E-state index is 12.9. The van der Waals surface area contributed by atoms with Crippen LogP contribution >= 0.6 is 0 Å². The molecule has 0 radical (unpaired) electrons. The van der Waals surface area contributed by atoms with Gasteiger partial charge in [0.25, 0.3) is 0 Å². The van der Waals surface area contributed by atoms with Gasteiger partial charge in [0.15, 0.2) is 0 Å². The lowest BCUT2D eigenvalue weighted by molar-refractivity contribution is -0.289. The summed E-state index contributed by atoms with van der Waals surface area (Å²) in [6.07, 6.45) is -10.8. The lowest BCUT2D eigenvalue weighted by Crippen LogP contribution is -2.56. The molecule has 1 saturated heterocycles. The average Bonchev–Trinajstić information content (AvgIpc) is 3.03. The van der Waals surface area contributed by atoms with Crippen LogP contribution in [0.25, 0.3) is 11.5 Å². The highest BCUT2D eigenvalue weighted by molar-refractivity contribution is 5.52. The Morgan fingerprint density at radius 1 is 0.926 bits per heavy atom. The first-order valence-electron chi connectivity index (χ1n) is 8.02. The number of likely N-dealkylation sites (tertiary alicyclic amines) is 1. The smallest absolute Gasteiger partial charge is 0.412 e. The molecule has 3 rings (SSSR count). The summed E-state index contributed by atoms with van der Waals surface area (Å²) in [5, 5.41) is 7.64. The first-order valence-corrected chi connectivity index (χ1v) is 8.02. The van der Waals surface area contributed by atoms with Gasteiger partial charge in [-0.25, -0.2) is 4.39 Å². The highest BCUT2D eigenvalue weighted by Crippen LogP contribution is 2.40. The summed E-state index contributed by atoms with van der Waals surface area (Å²) in [7, 11) is 0. The topological polar surface area (TPSA) is 42.2 Å². The zero-order valence-electron chi connectivity index (χ0n) is 13.7. The van der Waals surface area contributed by atoms with Crippen molar-refractivity contribution in [2.75, 3.05) is 13.1 Å². The molecule has 0 bridgehead atoms. The Kier molecular flexibility index (Phi) is 5.15. The third kappa shape index (κ3) is 4.40. The van der Waals surface area contributed by atoms with E-state index in [0.717, 1.165) is 0 Å². The Balaban J connectivity index is 1.68. The summed E-state index contributed by atoms with van der Waals surface area (Å²) in [6.45, 7) is -0.800. The van der Waals surface area contributed by atoms with Crippen molar-refractivity contribution in [2.24, 2.45) is 0 Å². The van der Waals surface area contributed by atoms with Crippen molar-refractivity contribution in [1.82, 2.24) is 15.1 Å². The first kappa shape index (κ1) is 19.6. The van der Waals surface area contributed by atoms with E-state index in [2.05, 4.69) is 10.2 Å². The fraction of sp³-hybridized carbons (Fsp3) is 0.500. The number of halogens is 7. The number of aromatic nitrogens is 2. The molecule has 2 aromatic rings. The number of hydrogen-bond donors (Lipinski definition) is 0. The van der Waals surface area contributed by atoms with Crippen molar-refractivity contribution >= 4 is 0 Å². The number of hydrogen-bond acceptors (Lipinski definition) is 4. The Hall–Kier alpha value is -2.17. The summed E-state index contributed by atoms with van der Waals surface area (Å²) < 4.78 is 95.3. The third-order valence-electron chi connectivity index (χ3n) is 4.40. The van der Waals surface area contributed by atoms with Crippen LogP contribution in [0.2, 0.25) is 0 Å². The molecule has 0 spiro atoms. The van der Waals surface area contributed by atoms with Crippen LogP contribution < -0.4 is 0 Å². The van der Waals surface area contributed by atoms with Gasteiger partial charge in [0.1, 0.15) is 5.82 Å². The molecule has 0 N–H and O–H groups in total. The zero-order valence-corrected chi connectivity index (χ0v) is 13.7. The van der Waals surface area contributed by atoms with E-state index in [1.54, 1.807) is 0 Å². The van der Waals surface area contributed by atoms with Crippen LogP contribution in [0, 0.1) is 5.82 Å². The maximum Gasteiger partial charge on any atom is 0.412 e. The molecule has 1 fully saturated rings. The molecule has 0 aliphatic carbocycles. The van der Waals surface area contributed by atoms with Crippen molar-refractivity contribution in [3.05, 3.63) is 36.0 Å². The van der Waals surface area contributed by atoms with Gasteiger partial charge in [0.05, 0.1) is 0 Å². The zero-order chi connectivity index (χ0) is 19.8. The van der Waals surface area contributed by atoms with Crippen molar-refractivity contribution in [2.45, 2.75) is 37.2 Å². The summed E-state index contributed by atoms with van der Waals surface area (Å²) in [4.78, 5) is 0.383. The van der Waals surface area contributed by atoms with Crippen molar-refractivity contribution in [1.29, 1.82) is 0 Å². The van der Waals surface area contributed by atoms with E-state index in [0.29, 0.717) is 10.5 Å². The second-order valence-electron chi connectivity index (χ2n) is 6.25. The predicted molar refractivity (Wildman–Crippen MR) is 79.1 cm³/mol. The number of piperidine rings is 1. The van der Waals surface area contributed by atoms with E-state index in [1.165, 1.54) is 24.3 Å². The largest absolute Gasteiger partial charge is 0.420 e. The van der Waals surface area contributed by atoms with Crippen LogP contribution in [0.4, 0.5) is 30.7 Å². The normalized spacial score (nSPS) is 17.6. The SMILES string of the molecule is Fc1ccc(-c2nnc(C3CCN(C(C(F)(F)F)C(F)(F)F)CC3)o2)cc1. The van der Waals surface area contributed by atoms with Crippen LogP contribution in [0.5, 0.6) is 0 Å². The Morgan fingerprint density at radius 2 is 1.48 bits per heavy atom. The molecule has 27 heavy (non-hydrogen) atoms. The third-order valence-corrected chi connectivity index (χ3v) is 4.40. The van der Waals surface area contributed by atoms with Crippen molar-refractivity contribution in [3.63, 3.8) is 0 Å². The Bertz CT molecular complexity index is 748. The van der Waals surface area contributed by atoms with E-state index < -0.39 is 43.2 Å². The second-order valence-corrected chi connectivity index (χ2v) is 6.25. The van der Waals surface area contributed by atoms with Gasteiger partial charge in [-0.1, -0.05) is 0 Å². The van der Waals surface area contributed by atoms with Gasteiger partial charge in [0, 0.05) is 11.5 Å². The van der Waals surface area contributed by atoms with Gasteiger partial charge in [-0.15, -0.1) is 10.2 Å².